The first-order chi connectivity index (χ1) is 14.8. The fraction of sp³-hybridized carbons (Fsp3) is 0.286. The molecule has 0 unspecified atom stereocenters. The molecule has 1 fully saturated rings. The van der Waals surface area contributed by atoms with Gasteiger partial charge in [-0.15, -0.1) is 0 Å². The van der Waals surface area contributed by atoms with Gasteiger partial charge >= 0.3 is 5.97 Å². The quantitative estimate of drug-likeness (QED) is 0.604. The van der Waals surface area contributed by atoms with Crippen molar-refractivity contribution in [1.29, 1.82) is 0 Å². The van der Waals surface area contributed by atoms with Gasteiger partial charge in [0.25, 0.3) is 0 Å². The molecule has 0 amide bonds. The van der Waals surface area contributed by atoms with Crippen LogP contribution < -0.4 is 4.90 Å². The molecule has 2 aromatic heterocycles. The number of carboxylic acids is 1. The number of rotatable bonds is 5. The number of benzene rings is 1. The van der Waals surface area contributed by atoms with Crippen molar-refractivity contribution in [3.63, 3.8) is 0 Å². The highest BCUT2D eigenvalue weighted by Crippen LogP contribution is 2.30. The summed E-state index contributed by atoms with van der Waals surface area (Å²) < 4.78 is 29.6. The van der Waals surface area contributed by atoms with Gasteiger partial charge in [0, 0.05) is 49.7 Å². The van der Waals surface area contributed by atoms with E-state index in [9.17, 15) is 18.7 Å². The molecule has 3 heterocycles. The number of piperazine rings is 1. The molecule has 0 radical (unpaired) electrons. The van der Waals surface area contributed by atoms with Gasteiger partial charge in [-0.1, -0.05) is 17.7 Å². The highest BCUT2D eigenvalue weighted by Gasteiger charge is 2.22. The number of carbonyl (C=O) groups is 1. The van der Waals surface area contributed by atoms with Gasteiger partial charge in [-0.05, 0) is 30.8 Å². The molecule has 0 atom stereocenters. The molecule has 1 saturated heterocycles. The molecular formula is C21H20ClF2N5O2. The molecular weight excluding hydrogens is 428 g/mol. The third-order valence-electron chi connectivity index (χ3n) is 5.25. The lowest BCUT2D eigenvalue weighted by atomic mass is 10.1. The molecule has 1 N–H and O–H groups in total. The van der Waals surface area contributed by atoms with Gasteiger partial charge in [-0.2, -0.15) is 5.10 Å². The molecule has 0 spiro atoms. The van der Waals surface area contributed by atoms with Crippen molar-refractivity contribution in [2.45, 2.75) is 6.54 Å². The van der Waals surface area contributed by atoms with Crippen LogP contribution in [0.15, 0.2) is 36.7 Å². The van der Waals surface area contributed by atoms with E-state index in [1.807, 2.05) is 12.1 Å². The Bertz CT molecular complexity index is 1110. The SMILES string of the molecule is CN1CCN(c2ccc(Cn3cc(-c4cc(F)c(Cl)cc4F)c(C(=O)O)n3)cn2)CC1. The number of hydrogen-bond acceptors (Lipinski definition) is 5. The van der Waals surface area contributed by atoms with Crippen LogP contribution in [0.2, 0.25) is 5.02 Å². The molecule has 7 nitrogen and oxygen atoms in total. The number of likely N-dealkylation sites (N-methyl/N-ethyl adjacent to an activating group) is 1. The van der Waals surface area contributed by atoms with E-state index in [4.69, 9.17) is 11.6 Å². The Morgan fingerprint density at radius 1 is 1.13 bits per heavy atom. The maximum absolute atomic E-state index is 14.3. The minimum absolute atomic E-state index is 0.0254. The van der Waals surface area contributed by atoms with Crippen molar-refractivity contribution in [2.24, 2.45) is 0 Å². The minimum atomic E-state index is -1.34. The van der Waals surface area contributed by atoms with Crippen LogP contribution in [0.1, 0.15) is 16.1 Å². The molecule has 10 heteroatoms. The highest BCUT2D eigenvalue weighted by atomic mass is 35.5. The molecule has 162 valence electrons. The number of hydrogen-bond donors (Lipinski definition) is 1. The predicted octanol–water partition coefficient (Wildman–Crippen LogP) is 3.38. The average molecular weight is 448 g/mol. The second kappa shape index (κ2) is 8.60. The maximum atomic E-state index is 14.3. The van der Waals surface area contributed by atoms with E-state index in [0.717, 1.165) is 49.7 Å². The van der Waals surface area contributed by atoms with E-state index in [2.05, 4.69) is 26.9 Å². The number of aromatic nitrogens is 3. The van der Waals surface area contributed by atoms with Crippen LogP contribution in [-0.4, -0.2) is 64.0 Å². The van der Waals surface area contributed by atoms with Crippen LogP contribution in [0.5, 0.6) is 0 Å². The first-order valence-corrected chi connectivity index (χ1v) is 10.0. The topological polar surface area (TPSA) is 74.5 Å². The Balaban J connectivity index is 1.58. The van der Waals surface area contributed by atoms with Gasteiger partial charge in [0.05, 0.1) is 11.6 Å². The van der Waals surface area contributed by atoms with Crippen molar-refractivity contribution in [2.75, 3.05) is 38.1 Å². The molecule has 0 saturated carbocycles. The zero-order chi connectivity index (χ0) is 22.1. The van der Waals surface area contributed by atoms with Gasteiger partial charge in [0.15, 0.2) is 5.69 Å². The lowest BCUT2D eigenvalue weighted by Gasteiger charge is -2.33. The maximum Gasteiger partial charge on any atom is 0.357 e. The Morgan fingerprint density at radius 2 is 1.87 bits per heavy atom. The summed E-state index contributed by atoms with van der Waals surface area (Å²) in [6, 6.07) is 5.50. The number of anilines is 1. The Hall–Kier alpha value is -3.04. The van der Waals surface area contributed by atoms with Crippen LogP contribution in [0, 0.1) is 11.6 Å². The molecule has 0 aliphatic carbocycles. The van der Waals surface area contributed by atoms with Crippen molar-refractivity contribution in [1.82, 2.24) is 19.7 Å². The molecule has 4 rings (SSSR count). The molecule has 3 aromatic rings. The van der Waals surface area contributed by atoms with Crippen molar-refractivity contribution >= 4 is 23.4 Å². The van der Waals surface area contributed by atoms with Gasteiger partial charge in [-0.3, -0.25) is 4.68 Å². The number of halogens is 3. The molecule has 1 aromatic carbocycles. The molecule has 1 aliphatic heterocycles. The van der Waals surface area contributed by atoms with Gasteiger partial charge in [-0.25, -0.2) is 18.6 Å². The third kappa shape index (κ3) is 4.52. The summed E-state index contributed by atoms with van der Waals surface area (Å²) in [6.45, 7) is 3.97. The first-order valence-electron chi connectivity index (χ1n) is 9.66. The zero-order valence-corrected chi connectivity index (χ0v) is 17.5. The summed E-state index contributed by atoms with van der Waals surface area (Å²) >= 11 is 5.60. The lowest BCUT2D eigenvalue weighted by Crippen LogP contribution is -2.44. The molecule has 1 aliphatic rings. The summed E-state index contributed by atoms with van der Waals surface area (Å²) in [5.41, 5.74) is 0.186. The van der Waals surface area contributed by atoms with E-state index in [0.29, 0.717) is 0 Å². The second-order valence-corrected chi connectivity index (χ2v) is 7.86. The predicted molar refractivity (Wildman–Crippen MR) is 113 cm³/mol. The van der Waals surface area contributed by atoms with Crippen LogP contribution in [-0.2, 0) is 6.54 Å². The van der Waals surface area contributed by atoms with Crippen LogP contribution in [0.3, 0.4) is 0 Å². The fourth-order valence-electron chi connectivity index (χ4n) is 3.51. The van der Waals surface area contributed by atoms with E-state index < -0.39 is 17.6 Å². The second-order valence-electron chi connectivity index (χ2n) is 7.46. The average Bonchev–Trinajstić information content (AvgIpc) is 3.16. The summed E-state index contributed by atoms with van der Waals surface area (Å²) in [7, 11) is 2.09. The van der Waals surface area contributed by atoms with Crippen molar-refractivity contribution < 1.29 is 18.7 Å². The molecule has 31 heavy (non-hydrogen) atoms. The lowest BCUT2D eigenvalue weighted by molar-refractivity contribution is 0.0690. The highest BCUT2D eigenvalue weighted by molar-refractivity contribution is 6.30. The van der Waals surface area contributed by atoms with E-state index in [-0.39, 0.29) is 28.4 Å². The Labute approximate surface area is 182 Å². The van der Waals surface area contributed by atoms with Gasteiger partial charge < -0.3 is 14.9 Å². The third-order valence-corrected chi connectivity index (χ3v) is 5.54. The minimum Gasteiger partial charge on any atom is -0.476 e. The molecule has 0 bridgehead atoms. The number of aromatic carboxylic acids is 1. The van der Waals surface area contributed by atoms with E-state index in [1.165, 1.54) is 10.9 Å². The van der Waals surface area contributed by atoms with E-state index >= 15 is 0 Å². The standard InChI is InChI=1S/C21H20ClF2N5O2/c1-27-4-6-28(7-5-27)19-3-2-13(10-25-19)11-29-12-15(20(26-29)21(30)31)14-8-18(24)16(22)9-17(14)23/h2-3,8-10,12H,4-7,11H2,1H3,(H,30,31). The summed E-state index contributed by atoms with van der Waals surface area (Å²) in [5.74, 6) is -2.13. The number of carboxylic acid groups (broad SMARTS) is 1. The van der Waals surface area contributed by atoms with Crippen LogP contribution >= 0.6 is 11.6 Å². The van der Waals surface area contributed by atoms with E-state index in [1.54, 1.807) is 6.20 Å². The zero-order valence-electron chi connectivity index (χ0n) is 16.7. The first kappa shape index (κ1) is 21.2. The smallest absolute Gasteiger partial charge is 0.357 e. The monoisotopic (exact) mass is 447 g/mol. The summed E-state index contributed by atoms with van der Waals surface area (Å²) in [6.07, 6.45) is 3.08. The van der Waals surface area contributed by atoms with Gasteiger partial charge in [0.2, 0.25) is 0 Å². The fourth-order valence-corrected chi connectivity index (χ4v) is 3.66. The van der Waals surface area contributed by atoms with Crippen molar-refractivity contribution in [3.05, 3.63) is 64.6 Å². The van der Waals surface area contributed by atoms with Crippen molar-refractivity contribution in [3.8, 4) is 11.1 Å². The van der Waals surface area contributed by atoms with Crippen LogP contribution in [0.4, 0.5) is 14.6 Å². The number of pyridine rings is 1. The Morgan fingerprint density at radius 3 is 2.52 bits per heavy atom. The van der Waals surface area contributed by atoms with Crippen LogP contribution in [0.25, 0.3) is 11.1 Å². The summed E-state index contributed by atoms with van der Waals surface area (Å²) in [4.78, 5) is 20.6. The normalized spacial score (nSPS) is 14.8. The Kier molecular flexibility index (Phi) is 5.88. The largest absolute Gasteiger partial charge is 0.476 e. The number of nitrogens with zero attached hydrogens (tertiary/aromatic N) is 5. The van der Waals surface area contributed by atoms with Gasteiger partial charge in [0.1, 0.15) is 17.5 Å². The summed E-state index contributed by atoms with van der Waals surface area (Å²) in [5, 5.41) is 13.1.